The summed E-state index contributed by atoms with van der Waals surface area (Å²) in [6.07, 6.45) is 0. The van der Waals surface area contributed by atoms with Crippen LogP contribution in [0.1, 0.15) is 5.82 Å². The first-order valence-electron chi connectivity index (χ1n) is 6.15. The molecule has 20 heavy (non-hydrogen) atoms. The zero-order chi connectivity index (χ0) is 13.8. The molecule has 3 rings (SSSR count). The van der Waals surface area contributed by atoms with Crippen LogP contribution in [-0.4, -0.2) is 20.2 Å². The molecule has 0 aliphatic heterocycles. The largest absolute Gasteiger partial charge is 0.378 e. The maximum absolute atomic E-state index is 12.8. The van der Waals surface area contributed by atoms with Gasteiger partial charge in [0.05, 0.1) is 12.2 Å². The Kier molecular flexibility index (Phi) is 3.36. The van der Waals surface area contributed by atoms with Crippen LogP contribution in [0.4, 0.5) is 10.1 Å². The molecule has 0 saturated carbocycles. The molecule has 0 aliphatic rings. The van der Waals surface area contributed by atoms with Gasteiger partial charge in [0.15, 0.2) is 5.82 Å². The predicted molar refractivity (Wildman–Crippen MR) is 72.9 cm³/mol. The quantitative estimate of drug-likeness (QED) is 0.790. The summed E-state index contributed by atoms with van der Waals surface area (Å²) < 4.78 is 14.5. The Labute approximate surface area is 115 Å². The van der Waals surface area contributed by atoms with Gasteiger partial charge in [0, 0.05) is 5.69 Å². The molecule has 0 amide bonds. The first-order valence-corrected chi connectivity index (χ1v) is 6.15. The number of nitrogens with zero attached hydrogens (tertiary/aromatic N) is 4. The van der Waals surface area contributed by atoms with Gasteiger partial charge in [-0.05, 0) is 46.8 Å². The number of aromatic nitrogens is 4. The maximum Gasteiger partial charge on any atom is 0.175 e. The minimum Gasteiger partial charge on any atom is -0.378 e. The topological polar surface area (TPSA) is 55.6 Å². The normalized spacial score (nSPS) is 10.4. The first-order chi connectivity index (χ1) is 9.83. The van der Waals surface area contributed by atoms with Gasteiger partial charge in [-0.1, -0.05) is 18.2 Å². The minimum absolute atomic E-state index is 0.260. The highest BCUT2D eigenvalue weighted by Gasteiger charge is 2.07. The molecule has 1 heterocycles. The minimum atomic E-state index is -0.260. The zero-order valence-electron chi connectivity index (χ0n) is 10.6. The van der Waals surface area contributed by atoms with Gasteiger partial charge in [-0.3, -0.25) is 0 Å². The van der Waals surface area contributed by atoms with Crippen LogP contribution >= 0.6 is 0 Å². The second-order valence-corrected chi connectivity index (χ2v) is 4.20. The Balaban J connectivity index is 1.76. The number of hydrogen-bond donors (Lipinski definition) is 1. The molecule has 0 spiro atoms. The highest BCUT2D eigenvalue weighted by Crippen LogP contribution is 2.11. The van der Waals surface area contributed by atoms with E-state index < -0.39 is 0 Å². The van der Waals surface area contributed by atoms with E-state index in [0.717, 1.165) is 11.4 Å². The number of rotatable bonds is 4. The lowest BCUT2D eigenvalue weighted by Crippen LogP contribution is -2.08. The van der Waals surface area contributed by atoms with Gasteiger partial charge in [-0.2, -0.15) is 4.68 Å². The van der Waals surface area contributed by atoms with Crippen molar-refractivity contribution in [1.29, 1.82) is 0 Å². The summed E-state index contributed by atoms with van der Waals surface area (Å²) in [5, 5.41) is 14.8. The molecule has 2 aromatic carbocycles. The lowest BCUT2D eigenvalue weighted by atomic mass is 10.3. The number of nitrogens with one attached hydrogen (secondary N) is 1. The van der Waals surface area contributed by atoms with Gasteiger partial charge in [-0.15, -0.1) is 5.10 Å². The Morgan fingerprint density at radius 2 is 1.75 bits per heavy atom. The van der Waals surface area contributed by atoms with Crippen molar-refractivity contribution < 1.29 is 4.39 Å². The van der Waals surface area contributed by atoms with Crippen molar-refractivity contribution in [2.24, 2.45) is 0 Å². The fourth-order valence-corrected chi connectivity index (χ4v) is 1.83. The summed E-state index contributed by atoms with van der Waals surface area (Å²) in [6.45, 7) is 0.452. The zero-order valence-corrected chi connectivity index (χ0v) is 10.6. The van der Waals surface area contributed by atoms with E-state index in [9.17, 15) is 4.39 Å². The summed E-state index contributed by atoms with van der Waals surface area (Å²) in [5.74, 6) is 0.421. The van der Waals surface area contributed by atoms with Gasteiger partial charge < -0.3 is 5.32 Å². The average Bonchev–Trinajstić information content (AvgIpc) is 2.96. The maximum atomic E-state index is 12.8. The van der Waals surface area contributed by atoms with Crippen LogP contribution in [0.5, 0.6) is 0 Å². The molecular weight excluding hydrogens is 257 g/mol. The monoisotopic (exact) mass is 269 g/mol. The molecule has 0 unspecified atom stereocenters. The molecule has 0 fully saturated rings. The van der Waals surface area contributed by atoms with Gasteiger partial charge in [-0.25, -0.2) is 4.39 Å². The van der Waals surface area contributed by atoms with E-state index in [-0.39, 0.29) is 5.82 Å². The third-order valence-electron chi connectivity index (χ3n) is 2.83. The van der Waals surface area contributed by atoms with Crippen molar-refractivity contribution >= 4 is 5.69 Å². The Morgan fingerprint density at radius 3 is 2.50 bits per heavy atom. The fourth-order valence-electron chi connectivity index (χ4n) is 1.83. The lowest BCUT2D eigenvalue weighted by Gasteiger charge is -2.07. The van der Waals surface area contributed by atoms with E-state index in [1.165, 1.54) is 12.1 Å². The number of tetrazole rings is 1. The van der Waals surface area contributed by atoms with E-state index >= 15 is 0 Å². The lowest BCUT2D eigenvalue weighted by molar-refractivity contribution is 0.628. The molecule has 3 aromatic rings. The number of benzene rings is 2. The molecule has 0 radical (unpaired) electrons. The molecule has 1 N–H and O–H groups in total. The molecule has 0 atom stereocenters. The van der Waals surface area contributed by atoms with Crippen LogP contribution in [0.2, 0.25) is 0 Å². The van der Waals surface area contributed by atoms with Crippen LogP contribution in [0, 0.1) is 5.82 Å². The van der Waals surface area contributed by atoms with Crippen molar-refractivity contribution in [3.63, 3.8) is 0 Å². The molecular formula is C14H12FN5. The number of anilines is 1. The van der Waals surface area contributed by atoms with Crippen molar-refractivity contribution in [3.8, 4) is 5.69 Å². The van der Waals surface area contributed by atoms with Crippen molar-refractivity contribution in [1.82, 2.24) is 20.2 Å². The van der Waals surface area contributed by atoms with Gasteiger partial charge in [0.2, 0.25) is 0 Å². The van der Waals surface area contributed by atoms with Crippen molar-refractivity contribution in [3.05, 3.63) is 66.2 Å². The molecule has 1 aromatic heterocycles. The summed E-state index contributed by atoms with van der Waals surface area (Å²) in [4.78, 5) is 0. The van der Waals surface area contributed by atoms with Crippen molar-refractivity contribution in [2.45, 2.75) is 6.54 Å². The van der Waals surface area contributed by atoms with E-state index in [1.807, 2.05) is 30.3 Å². The Hall–Kier alpha value is -2.76. The third kappa shape index (κ3) is 2.64. The predicted octanol–water partition coefficient (Wildman–Crippen LogP) is 2.41. The molecule has 0 aliphatic carbocycles. The van der Waals surface area contributed by atoms with Crippen LogP contribution < -0.4 is 5.32 Å². The number of halogens is 1. The fraction of sp³-hybridized carbons (Fsp3) is 0.0714. The van der Waals surface area contributed by atoms with Crippen molar-refractivity contribution in [2.75, 3.05) is 5.32 Å². The Morgan fingerprint density at radius 1 is 1.00 bits per heavy atom. The van der Waals surface area contributed by atoms with Crippen LogP contribution in [0.25, 0.3) is 5.69 Å². The molecule has 6 heteroatoms. The summed E-state index contributed by atoms with van der Waals surface area (Å²) in [6, 6.07) is 15.8. The first kappa shape index (κ1) is 12.3. The molecule has 5 nitrogen and oxygen atoms in total. The van der Waals surface area contributed by atoms with Gasteiger partial charge in [0.1, 0.15) is 5.82 Å². The third-order valence-corrected chi connectivity index (χ3v) is 2.83. The highest BCUT2D eigenvalue weighted by atomic mass is 19.1. The van der Waals surface area contributed by atoms with Crippen LogP contribution in [0.3, 0.4) is 0 Å². The van der Waals surface area contributed by atoms with E-state index in [1.54, 1.807) is 16.8 Å². The molecule has 0 saturated heterocycles. The smallest absolute Gasteiger partial charge is 0.175 e. The molecule has 100 valence electrons. The summed E-state index contributed by atoms with van der Waals surface area (Å²) in [5.41, 5.74) is 1.71. The van der Waals surface area contributed by atoms with E-state index in [0.29, 0.717) is 12.4 Å². The SMILES string of the molecule is Fc1ccc(NCc2nnnn2-c2ccccc2)cc1. The number of para-hydroxylation sites is 1. The highest BCUT2D eigenvalue weighted by molar-refractivity contribution is 5.43. The second-order valence-electron chi connectivity index (χ2n) is 4.20. The van der Waals surface area contributed by atoms with Crippen LogP contribution in [0.15, 0.2) is 54.6 Å². The number of hydrogen-bond acceptors (Lipinski definition) is 4. The summed E-state index contributed by atoms with van der Waals surface area (Å²) in [7, 11) is 0. The van der Waals surface area contributed by atoms with E-state index in [2.05, 4.69) is 20.8 Å². The van der Waals surface area contributed by atoms with Gasteiger partial charge >= 0.3 is 0 Å². The average molecular weight is 269 g/mol. The van der Waals surface area contributed by atoms with E-state index in [4.69, 9.17) is 0 Å². The second kappa shape index (κ2) is 5.48. The van der Waals surface area contributed by atoms with Crippen LogP contribution in [-0.2, 0) is 6.54 Å². The van der Waals surface area contributed by atoms with Gasteiger partial charge in [0.25, 0.3) is 0 Å². The standard InChI is InChI=1S/C14H12FN5/c15-11-6-8-12(9-7-11)16-10-14-17-18-19-20(14)13-4-2-1-3-5-13/h1-9,16H,10H2. The Bertz CT molecular complexity index is 678. The summed E-state index contributed by atoms with van der Waals surface area (Å²) >= 11 is 0. The molecule has 0 bridgehead atoms.